The van der Waals surface area contributed by atoms with E-state index in [-0.39, 0.29) is 17.8 Å². The fourth-order valence-electron chi connectivity index (χ4n) is 5.80. The van der Waals surface area contributed by atoms with Crippen LogP contribution < -0.4 is 4.90 Å². The minimum Gasteiger partial charge on any atom is -0.357 e. The topological polar surface area (TPSA) is 53.3 Å². The van der Waals surface area contributed by atoms with Gasteiger partial charge in [-0.3, -0.25) is 14.4 Å². The van der Waals surface area contributed by atoms with E-state index in [4.69, 9.17) is 11.6 Å². The highest BCUT2D eigenvalue weighted by atomic mass is 35.5. The molecule has 0 saturated carbocycles. The molecule has 202 valence electrons. The average molecular weight is 550 g/mol. The third kappa shape index (κ3) is 4.99. The van der Waals surface area contributed by atoms with Crippen molar-refractivity contribution in [2.45, 2.75) is 51.0 Å². The minimum atomic E-state index is -4.19. The molecule has 0 radical (unpaired) electrons. The SMILES string of the molecule is Cc1nc(N2CCC(c3nnc4n3-c3ccc(Cl)cc3CN(C3CN(CC(F)(F)F)C3)C4)CC2)ccc1F. The van der Waals surface area contributed by atoms with E-state index in [1.165, 1.54) is 11.0 Å². The van der Waals surface area contributed by atoms with Crippen molar-refractivity contribution in [3.63, 3.8) is 0 Å². The molecular weight excluding hydrogens is 522 g/mol. The number of hydrogen-bond donors (Lipinski definition) is 0. The molecule has 2 saturated heterocycles. The molecule has 0 unspecified atom stereocenters. The lowest BCUT2D eigenvalue weighted by molar-refractivity contribution is -0.161. The zero-order chi connectivity index (χ0) is 26.6. The summed E-state index contributed by atoms with van der Waals surface area (Å²) in [6.45, 7) is 4.13. The number of fused-ring (bicyclic) bond motifs is 3. The number of likely N-dealkylation sites (tertiary alicyclic amines) is 1. The van der Waals surface area contributed by atoms with Gasteiger partial charge in [0.05, 0.1) is 24.5 Å². The Morgan fingerprint density at radius 2 is 1.79 bits per heavy atom. The van der Waals surface area contributed by atoms with E-state index >= 15 is 0 Å². The Morgan fingerprint density at radius 3 is 2.50 bits per heavy atom. The van der Waals surface area contributed by atoms with E-state index in [9.17, 15) is 17.6 Å². The molecular formula is C26H28ClF4N7. The molecule has 0 spiro atoms. The van der Waals surface area contributed by atoms with Gasteiger partial charge in [0.15, 0.2) is 5.82 Å². The van der Waals surface area contributed by atoms with Crippen molar-refractivity contribution in [3.8, 4) is 5.69 Å². The molecule has 0 N–H and O–H groups in total. The van der Waals surface area contributed by atoms with Crippen LogP contribution in [0.2, 0.25) is 5.02 Å². The average Bonchev–Trinajstić information content (AvgIpc) is 3.18. The Bertz CT molecular complexity index is 1330. The van der Waals surface area contributed by atoms with Gasteiger partial charge in [-0.15, -0.1) is 10.2 Å². The summed E-state index contributed by atoms with van der Waals surface area (Å²) in [7, 11) is 0. The van der Waals surface area contributed by atoms with Gasteiger partial charge < -0.3 is 4.90 Å². The van der Waals surface area contributed by atoms with Crippen LogP contribution in [-0.2, 0) is 13.1 Å². The molecule has 2 fully saturated rings. The summed E-state index contributed by atoms with van der Waals surface area (Å²) < 4.78 is 54.3. The molecule has 12 heteroatoms. The van der Waals surface area contributed by atoms with Crippen molar-refractivity contribution >= 4 is 17.4 Å². The van der Waals surface area contributed by atoms with E-state index in [0.717, 1.165) is 54.6 Å². The van der Waals surface area contributed by atoms with Crippen molar-refractivity contribution < 1.29 is 17.6 Å². The molecule has 1 aromatic carbocycles. The lowest BCUT2D eigenvalue weighted by Gasteiger charge is -2.45. The fraction of sp³-hybridized carbons (Fsp3) is 0.500. The molecule has 3 aliphatic rings. The summed E-state index contributed by atoms with van der Waals surface area (Å²) in [6.07, 6.45) is -2.50. The van der Waals surface area contributed by atoms with Crippen LogP contribution in [-0.4, -0.2) is 74.5 Å². The van der Waals surface area contributed by atoms with Gasteiger partial charge in [0, 0.05) is 49.7 Å². The molecule has 0 atom stereocenters. The maximum absolute atomic E-state index is 13.7. The Balaban J connectivity index is 1.23. The van der Waals surface area contributed by atoms with Gasteiger partial charge in [0.25, 0.3) is 0 Å². The first kappa shape index (κ1) is 25.5. The van der Waals surface area contributed by atoms with Crippen molar-refractivity contribution in [1.82, 2.24) is 29.5 Å². The Hall–Kier alpha value is -2.76. The number of hydrogen-bond acceptors (Lipinski definition) is 6. The lowest BCUT2D eigenvalue weighted by atomic mass is 9.95. The first-order valence-electron chi connectivity index (χ1n) is 12.8. The van der Waals surface area contributed by atoms with Gasteiger partial charge in [-0.05, 0) is 55.7 Å². The quantitative estimate of drug-likeness (QED) is 0.440. The van der Waals surface area contributed by atoms with Gasteiger partial charge in [-0.25, -0.2) is 9.37 Å². The van der Waals surface area contributed by atoms with Crippen LogP contribution in [0.1, 0.15) is 41.7 Å². The van der Waals surface area contributed by atoms with Crippen LogP contribution >= 0.6 is 11.6 Å². The first-order chi connectivity index (χ1) is 18.1. The standard InChI is InChI=1S/C26H28ClF4N7/c1-16-21(28)3-5-23(32-16)36-8-6-17(7-9-36)25-34-33-24-14-37(20-12-35(13-20)15-26(29,30)31)11-18-10-19(27)2-4-22(18)38(24)25/h2-5,10,17,20H,6-9,11-15H2,1H3. The minimum absolute atomic E-state index is 0.00536. The predicted octanol–water partition coefficient (Wildman–Crippen LogP) is 4.71. The predicted molar refractivity (Wildman–Crippen MR) is 135 cm³/mol. The molecule has 6 rings (SSSR count). The number of halogens is 5. The zero-order valence-corrected chi connectivity index (χ0v) is 21.7. The number of benzene rings is 1. The monoisotopic (exact) mass is 549 g/mol. The van der Waals surface area contributed by atoms with Crippen molar-refractivity contribution in [1.29, 1.82) is 0 Å². The van der Waals surface area contributed by atoms with Crippen molar-refractivity contribution in [2.24, 2.45) is 0 Å². The fourth-order valence-corrected chi connectivity index (χ4v) is 6.00. The molecule has 2 aromatic heterocycles. The third-order valence-corrected chi connectivity index (χ3v) is 8.04. The smallest absolute Gasteiger partial charge is 0.357 e. The summed E-state index contributed by atoms with van der Waals surface area (Å²) in [5.41, 5.74) is 2.37. The zero-order valence-electron chi connectivity index (χ0n) is 20.9. The number of pyridine rings is 1. The Kier molecular flexibility index (Phi) is 6.56. The van der Waals surface area contributed by atoms with Gasteiger partial charge in [-0.1, -0.05) is 11.6 Å². The van der Waals surface area contributed by atoms with Crippen LogP contribution in [0, 0.1) is 12.7 Å². The van der Waals surface area contributed by atoms with Crippen molar-refractivity contribution in [2.75, 3.05) is 37.6 Å². The highest BCUT2D eigenvalue weighted by Gasteiger charge is 2.40. The van der Waals surface area contributed by atoms with Crippen LogP contribution in [0.15, 0.2) is 30.3 Å². The summed E-state index contributed by atoms with van der Waals surface area (Å²) in [4.78, 5) is 10.2. The molecule has 5 heterocycles. The van der Waals surface area contributed by atoms with Gasteiger partial charge in [-0.2, -0.15) is 13.2 Å². The van der Waals surface area contributed by atoms with Crippen LogP contribution in [0.4, 0.5) is 23.4 Å². The molecule has 7 nitrogen and oxygen atoms in total. The summed E-state index contributed by atoms with van der Waals surface area (Å²) in [5, 5.41) is 9.79. The molecule has 3 aromatic rings. The van der Waals surface area contributed by atoms with E-state index in [1.54, 1.807) is 13.0 Å². The van der Waals surface area contributed by atoms with Crippen LogP contribution in [0.3, 0.4) is 0 Å². The number of aromatic nitrogens is 4. The van der Waals surface area contributed by atoms with E-state index in [2.05, 4.69) is 29.5 Å². The van der Waals surface area contributed by atoms with E-state index in [1.807, 2.05) is 18.2 Å². The summed E-state index contributed by atoms with van der Waals surface area (Å²) in [6, 6.07) is 8.94. The normalized spacial score (nSPS) is 19.7. The highest BCUT2D eigenvalue weighted by Crippen LogP contribution is 2.35. The number of anilines is 1. The number of rotatable bonds is 4. The van der Waals surface area contributed by atoms with E-state index in [0.29, 0.717) is 36.9 Å². The van der Waals surface area contributed by atoms with Crippen LogP contribution in [0.5, 0.6) is 0 Å². The Labute approximate surface area is 223 Å². The van der Waals surface area contributed by atoms with Crippen molar-refractivity contribution in [3.05, 3.63) is 64.1 Å². The maximum atomic E-state index is 13.7. The summed E-state index contributed by atoms with van der Waals surface area (Å²) >= 11 is 6.36. The van der Waals surface area contributed by atoms with Gasteiger partial charge in [0.1, 0.15) is 17.5 Å². The summed E-state index contributed by atoms with van der Waals surface area (Å²) in [5.74, 6) is 2.32. The first-order valence-corrected chi connectivity index (χ1v) is 13.2. The molecule has 0 amide bonds. The molecule has 0 bridgehead atoms. The number of nitrogens with zero attached hydrogens (tertiary/aromatic N) is 7. The lowest BCUT2D eigenvalue weighted by Crippen LogP contribution is -2.60. The van der Waals surface area contributed by atoms with E-state index < -0.39 is 12.7 Å². The molecule has 3 aliphatic heterocycles. The van der Waals surface area contributed by atoms with Crippen LogP contribution in [0.25, 0.3) is 5.69 Å². The number of alkyl halides is 3. The second kappa shape index (κ2) is 9.77. The second-order valence-electron chi connectivity index (χ2n) is 10.4. The Morgan fingerprint density at radius 1 is 1.03 bits per heavy atom. The van der Waals surface area contributed by atoms with Gasteiger partial charge in [0.2, 0.25) is 0 Å². The number of aryl methyl sites for hydroxylation is 1. The largest absolute Gasteiger partial charge is 0.401 e. The molecule has 38 heavy (non-hydrogen) atoms. The maximum Gasteiger partial charge on any atom is 0.401 e. The van der Waals surface area contributed by atoms with Gasteiger partial charge >= 0.3 is 6.18 Å². The number of piperidine rings is 1. The third-order valence-electron chi connectivity index (χ3n) is 7.80. The molecule has 0 aliphatic carbocycles. The second-order valence-corrected chi connectivity index (χ2v) is 10.9. The highest BCUT2D eigenvalue weighted by molar-refractivity contribution is 6.30.